The van der Waals surface area contributed by atoms with Crippen LogP contribution in [0.5, 0.6) is 17.2 Å². The van der Waals surface area contributed by atoms with Crippen molar-refractivity contribution < 1.29 is 58.2 Å². The van der Waals surface area contributed by atoms with E-state index in [9.17, 15) is 23.6 Å². The predicted molar refractivity (Wildman–Crippen MR) is 152 cm³/mol. The van der Waals surface area contributed by atoms with E-state index in [2.05, 4.69) is 17.1 Å². The van der Waals surface area contributed by atoms with Gasteiger partial charge in [-0.25, -0.2) is 9.18 Å². The predicted octanol–water partition coefficient (Wildman–Crippen LogP) is 2.72. The molecule has 2 heterocycles. The number of aliphatic carboxylic acids is 3. The van der Waals surface area contributed by atoms with E-state index in [1.807, 2.05) is 12.1 Å². The number of carbonyl (C=O) groups is 4. The third-order valence-electron chi connectivity index (χ3n) is 7.22. The van der Waals surface area contributed by atoms with Gasteiger partial charge >= 0.3 is 17.9 Å². The Morgan fingerprint density at radius 2 is 1.57 bits per heavy atom. The van der Waals surface area contributed by atoms with Crippen molar-refractivity contribution >= 4 is 23.8 Å². The maximum absolute atomic E-state index is 13.4. The number of carbonyl (C=O) groups excluding carboxylic acids is 1. The Morgan fingerprint density at radius 1 is 1.00 bits per heavy atom. The molecule has 2 aromatic rings. The topological polar surface area (TPSA) is 192 Å². The Bertz CT molecular complexity index is 1330. The van der Waals surface area contributed by atoms with Crippen LogP contribution in [-0.4, -0.2) is 81.2 Å². The van der Waals surface area contributed by atoms with E-state index >= 15 is 0 Å². The molecule has 2 aromatic carbocycles. The SMILES string of the molecule is CCCOc1cc2c(cc1CN1CCC(NC(C)=O)(c3ccc(F)cc3)CC1)OCO2.O=C(O)CC(O)(CC(=O)O)C(=O)O. The molecule has 0 unspecified atom stereocenters. The monoisotopic (exact) mass is 620 g/mol. The van der Waals surface area contributed by atoms with Crippen molar-refractivity contribution in [1.29, 1.82) is 0 Å². The fourth-order valence-electron chi connectivity index (χ4n) is 5.07. The first-order valence-electron chi connectivity index (χ1n) is 14.0. The van der Waals surface area contributed by atoms with E-state index in [0.29, 0.717) is 6.61 Å². The van der Waals surface area contributed by atoms with Crippen LogP contribution in [0.1, 0.15) is 57.1 Å². The van der Waals surface area contributed by atoms with Crippen molar-refractivity contribution in [2.24, 2.45) is 0 Å². The molecule has 0 aliphatic carbocycles. The molecule has 4 rings (SSSR count). The standard InChI is InChI=1S/C24H29FN2O4.C6H8O7/c1-3-12-29-21-14-23-22(30-16-31-23)13-18(21)15-27-10-8-24(9-11-27,26-17(2)28)19-4-6-20(25)7-5-19;7-3(8)1-6(13,5(11)12)2-4(9)10/h4-7,13-14H,3,8-12,15-16H2,1-2H3,(H,26,28);13H,1-2H2,(H,7,8)(H,9,10)(H,11,12). The zero-order valence-electron chi connectivity index (χ0n) is 24.5. The molecule has 0 radical (unpaired) electrons. The van der Waals surface area contributed by atoms with Gasteiger partial charge in [0.15, 0.2) is 17.1 Å². The fourth-order valence-corrected chi connectivity index (χ4v) is 5.07. The van der Waals surface area contributed by atoms with Gasteiger partial charge in [0.1, 0.15) is 11.6 Å². The number of likely N-dealkylation sites (tertiary alicyclic amines) is 1. The Kier molecular flexibility index (Phi) is 11.5. The van der Waals surface area contributed by atoms with Gasteiger partial charge in [0.2, 0.25) is 12.7 Å². The summed E-state index contributed by atoms with van der Waals surface area (Å²) in [7, 11) is 0. The highest BCUT2D eigenvalue weighted by Crippen LogP contribution is 2.40. The number of benzene rings is 2. The van der Waals surface area contributed by atoms with E-state index in [1.165, 1.54) is 19.1 Å². The first-order chi connectivity index (χ1) is 20.8. The molecule has 1 saturated heterocycles. The van der Waals surface area contributed by atoms with Gasteiger partial charge in [-0.2, -0.15) is 0 Å². The van der Waals surface area contributed by atoms with E-state index in [-0.39, 0.29) is 18.5 Å². The minimum absolute atomic E-state index is 0.0798. The normalized spacial score (nSPS) is 15.5. The van der Waals surface area contributed by atoms with Crippen LogP contribution in [0, 0.1) is 5.82 Å². The summed E-state index contributed by atoms with van der Waals surface area (Å²) in [6.07, 6.45) is 0.125. The van der Waals surface area contributed by atoms with Crippen LogP contribution >= 0.6 is 0 Å². The van der Waals surface area contributed by atoms with Crippen molar-refractivity contribution in [3.05, 3.63) is 53.3 Å². The summed E-state index contributed by atoms with van der Waals surface area (Å²) in [5.41, 5.74) is -1.21. The van der Waals surface area contributed by atoms with E-state index in [1.54, 1.807) is 12.1 Å². The number of carboxylic acids is 3. The summed E-state index contributed by atoms with van der Waals surface area (Å²) in [6.45, 7) is 6.78. The van der Waals surface area contributed by atoms with Crippen LogP contribution < -0.4 is 19.5 Å². The van der Waals surface area contributed by atoms with Gasteiger partial charge in [-0.15, -0.1) is 0 Å². The van der Waals surface area contributed by atoms with Crippen LogP contribution in [0.3, 0.4) is 0 Å². The van der Waals surface area contributed by atoms with Gasteiger partial charge in [0, 0.05) is 38.2 Å². The Morgan fingerprint density at radius 3 is 2.07 bits per heavy atom. The van der Waals surface area contributed by atoms with Crippen LogP contribution in [0.2, 0.25) is 0 Å². The number of halogens is 1. The molecular weight excluding hydrogens is 583 g/mol. The quantitative estimate of drug-likeness (QED) is 0.233. The van der Waals surface area contributed by atoms with Gasteiger partial charge in [0.05, 0.1) is 25.0 Å². The molecule has 1 amide bonds. The largest absolute Gasteiger partial charge is 0.493 e. The van der Waals surface area contributed by atoms with Crippen LogP contribution in [0.25, 0.3) is 0 Å². The zero-order valence-corrected chi connectivity index (χ0v) is 24.5. The average molecular weight is 621 g/mol. The van der Waals surface area contributed by atoms with Crippen LogP contribution in [0.4, 0.5) is 4.39 Å². The number of rotatable bonds is 12. The van der Waals surface area contributed by atoms with E-state index in [0.717, 1.165) is 67.3 Å². The lowest BCUT2D eigenvalue weighted by Crippen LogP contribution is -2.52. The minimum Gasteiger partial charge on any atom is -0.493 e. The van der Waals surface area contributed by atoms with Gasteiger partial charge in [-0.1, -0.05) is 19.1 Å². The fraction of sp³-hybridized carbons (Fsp3) is 0.467. The van der Waals surface area contributed by atoms with Crippen molar-refractivity contribution in [2.45, 2.75) is 63.6 Å². The molecule has 5 N–H and O–H groups in total. The average Bonchev–Trinajstić information content (AvgIpc) is 3.39. The number of piperidine rings is 1. The highest BCUT2D eigenvalue weighted by molar-refractivity contribution is 5.88. The molecular formula is C30H37FN2O11. The lowest BCUT2D eigenvalue weighted by molar-refractivity contribution is -0.170. The third-order valence-corrected chi connectivity index (χ3v) is 7.22. The molecule has 0 spiro atoms. The van der Waals surface area contributed by atoms with E-state index in [4.69, 9.17) is 34.6 Å². The van der Waals surface area contributed by atoms with Crippen LogP contribution in [-0.2, 0) is 31.3 Å². The van der Waals surface area contributed by atoms with Gasteiger partial charge in [0.25, 0.3) is 0 Å². The first kappa shape index (κ1) is 34.1. The number of aliphatic hydroxyl groups is 1. The smallest absolute Gasteiger partial charge is 0.336 e. The van der Waals surface area contributed by atoms with Crippen LogP contribution in [0.15, 0.2) is 36.4 Å². The molecule has 13 nitrogen and oxygen atoms in total. The number of nitrogens with one attached hydrogen (secondary N) is 1. The molecule has 0 saturated carbocycles. The molecule has 0 atom stereocenters. The molecule has 240 valence electrons. The Balaban J connectivity index is 0.000000345. The number of ether oxygens (including phenoxy) is 3. The molecule has 0 bridgehead atoms. The molecule has 14 heteroatoms. The molecule has 44 heavy (non-hydrogen) atoms. The number of carboxylic acid groups (broad SMARTS) is 3. The maximum atomic E-state index is 13.4. The van der Waals surface area contributed by atoms with Crippen molar-refractivity contribution in [1.82, 2.24) is 10.2 Å². The summed E-state index contributed by atoms with van der Waals surface area (Å²) in [5.74, 6) is -3.09. The summed E-state index contributed by atoms with van der Waals surface area (Å²) in [5, 5.41) is 37.0. The molecule has 2 aliphatic rings. The number of nitrogens with zero attached hydrogens (tertiary/aromatic N) is 1. The minimum atomic E-state index is -2.74. The van der Waals surface area contributed by atoms with Crippen molar-refractivity contribution in [3.8, 4) is 17.2 Å². The lowest BCUT2D eigenvalue weighted by Gasteiger charge is -2.42. The van der Waals surface area contributed by atoms with E-state index < -0.39 is 41.9 Å². The van der Waals surface area contributed by atoms with Gasteiger partial charge in [-0.3, -0.25) is 19.3 Å². The molecule has 0 aromatic heterocycles. The highest BCUT2D eigenvalue weighted by atomic mass is 19.1. The zero-order chi connectivity index (χ0) is 32.5. The summed E-state index contributed by atoms with van der Waals surface area (Å²) in [4.78, 5) is 44.8. The van der Waals surface area contributed by atoms with Crippen molar-refractivity contribution in [3.63, 3.8) is 0 Å². The second-order valence-electron chi connectivity index (χ2n) is 10.7. The second-order valence-corrected chi connectivity index (χ2v) is 10.7. The van der Waals surface area contributed by atoms with Crippen molar-refractivity contribution in [2.75, 3.05) is 26.5 Å². The number of hydrogen-bond acceptors (Lipinski definition) is 9. The van der Waals surface area contributed by atoms with Gasteiger partial charge < -0.3 is 40.0 Å². The molecule has 2 aliphatic heterocycles. The molecule has 1 fully saturated rings. The number of fused-ring (bicyclic) bond motifs is 1. The highest BCUT2D eigenvalue weighted by Gasteiger charge is 2.41. The Labute approximate surface area is 253 Å². The summed E-state index contributed by atoms with van der Waals surface area (Å²) < 4.78 is 30.5. The number of amides is 1. The summed E-state index contributed by atoms with van der Waals surface area (Å²) >= 11 is 0. The Hall–Kier alpha value is -4.43. The summed E-state index contributed by atoms with van der Waals surface area (Å²) in [6, 6.07) is 10.4. The second kappa shape index (κ2) is 14.8. The lowest BCUT2D eigenvalue weighted by atomic mass is 9.80. The maximum Gasteiger partial charge on any atom is 0.336 e. The third kappa shape index (κ3) is 9.04. The number of hydrogen-bond donors (Lipinski definition) is 5. The first-order valence-corrected chi connectivity index (χ1v) is 14.0. The van der Waals surface area contributed by atoms with Gasteiger partial charge in [-0.05, 0) is 43.0 Å².